The maximum Gasteiger partial charge on any atom is 0.408 e. The van der Waals surface area contributed by atoms with E-state index >= 15 is 0 Å². The summed E-state index contributed by atoms with van der Waals surface area (Å²) in [7, 11) is 3.02. The van der Waals surface area contributed by atoms with Gasteiger partial charge in [-0.3, -0.25) is 0 Å². The molecule has 2 aromatic rings. The normalized spacial score (nSPS) is 11.6. The van der Waals surface area contributed by atoms with Crippen molar-refractivity contribution in [2.45, 2.75) is 25.7 Å². The lowest BCUT2D eigenvalue weighted by Gasteiger charge is -2.08. The van der Waals surface area contributed by atoms with Gasteiger partial charge in [0.25, 0.3) is 0 Å². The molecule has 0 aliphatic carbocycles. The maximum absolute atomic E-state index is 12.5. The molecule has 126 valence electrons. The Balaban J connectivity index is 2.23. The summed E-state index contributed by atoms with van der Waals surface area (Å²) >= 11 is 0. The number of nitrogens with zero attached hydrogens (tertiary/aromatic N) is 3. The highest BCUT2D eigenvalue weighted by molar-refractivity contribution is 5.43. The number of rotatable bonds is 6. The number of alkyl halides is 3. The van der Waals surface area contributed by atoms with Crippen LogP contribution in [0, 0.1) is 0 Å². The van der Waals surface area contributed by atoms with Crippen LogP contribution in [0.5, 0.6) is 11.5 Å². The van der Waals surface area contributed by atoms with Crippen LogP contribution in [0.3, 0.4) is 0 Å². The van der Waals surface area contributed by atoms with E-state index in [2.05, 4.69) is 10.1 Å². The molecule has 0 saturated heterocycles. The summed E-state index contributed by atoms with van der Waals surface area (Å²) in [5.41, 5.74) is 6.22. The Labute approximate surface area is 131 Å². The first-order valence-corrected chi connectivity index (χ1v) is 6.76. The van der Waals surface area contributed by atoms with Gasteiger partial charge in [0.05, 0.1) is 20.8 Å². The highest BCUT2D eigenvalue weighted by Gasteiger charge is 2.30. The highest BCUT2D eigenvalue weighted by atomic mass is 19.4. The van der Waals surface area contributed by atoms with Gasteiger partial charge in [-0.2, -0.15) is 18.3 Å². The lowest BCUT2D eigenvalue weighted by molar-refractivity contribution is -0.143. The van der Waals surface area contributed by atoms with Crippen LogP contribution in [0.2, 0.25) is 0 Å². The fourth-order valence-electron chi connectivity index (χ4n) is 2.12. The number of benzene rings is 1. The zero-order valence-electron chi connectivity index (χ0n) is 12.7. The number of methoxy groups -OCH3 is 2. The van der Waals surface area contributed by atoms with Gasteiger partial charge in [-0.25, -0.2) is 9.67 Å². The molecule has 23 heavy (non-hydrogen) atoms. The molecule has 1 heterocycles. The van der Waals surface area contributed by atoms with E-state index in [0.717, 1.165) is 10.2 Å². The second-order valence-electron chi connectivity index (χ2n) is 4.79. The van der Waals surface area contributed by atoms with Gasteiger partial charge in [0.1, 0.15) is 12.4 Å². The number of ether oxygens (including phenoxy) is 2. The third-order valence-corrected chi connectivity index (χ3v) is 3.11. The van der Waals surface area contributed by atoms with Crippen molar-refractivity contribution in [1.29, 1.82) is 0 Å². The van der Waals surface area contributed by atoms with Crippen molar-refractivity contribution in [3.8, 4) is 11.5 Å². The number of nitrogens with two attached hydrogens (primary N) is 1. The lowest BCUT2D eigenvalue weighted by Crippen LogP contribution is -2.21. The molecule has 1 aromatic carbocycles. The van der Waals surface area contributed by atoms with Crippen LogP contribution in [-0.2, 0) is 19.5 Å². The Morgan fingerprint density at radius 2 is 1.87 bits per heavy atom. The summed E-state index contributed by atoms with van der Waals surface area (Å²) in [6.07, 6.45) is -4.11. The molecular weight excluding hydrogens is 313 g/mol. The van der Waals surface area contributed by atoms with E-state index in [0.29, 0.717) is 11.5 Å². The van der Waals surface area contributed by atoms with Gasteiger partial charge in [-0.15, -0.1) is 0 Å². The second kappa shape index (κ2) is 6.86. The van der Waals surface area contributed by atoms with Crippen LogP contribution in [-0.4, -0.2) is 35.2 Å². The summed E-state index contributed by atoms with van der Waals surface area (Å²) in [6.45, 7) is -1.33. The van der Waals surface area contributed by atoms with Gasteiger partial charge in [0, 0.05) is 6.42 Å². The summed E-state index contributed by atoms with van der Waals surface area (Å²) in [6, 6.07) is 5.21. The summed E-state index contributed by atoms with van der Waals surface area (Å²) < 4.78 is 48.7. The van der Waals surface area contributed by atoms with Crippen molar-refractivity contribution >= 4 is 0 Å². The average molecular weight is 330 g/mol. The molecule has 0 unspecified atom stereocenters. The third-order valence-electron chi connectivity index (χ3n) is 3.11. The number of halogens is 3. The Morgan fingerprint density at radius 1 is 1.17 bits per heavy atom. The first-order valence-electron chi connectivity index (χ1n) is 6.76. The summed E-state index contributed by atoms with van der Waals surface area (Å²) in [5, 5.41) is 3.89. The van der Waals surface area contributed by atoms with Crippen molar-refractivity contribution in [3.63, 3.8) is 0 Å². The zero-order valence-corrected chi connectivity index (χ0v) is 12.7. The molecule has 0 spiro atoms. The Bertz CT molecular complexity index is 671. The molecular formula is C14H17F3N4O2. The third kappa shape index (κ3) is 4.35. The number of aromatic nitrogens is 3. The molecule has 0 amide bonds. The first-order chi connectivity index (χ1) is 10.9. The van der Waals surface area contributed by atoms with Crippen LogP contribution in [0.1, 0.15) is 17.2 Å². The van der Waals surface area contributed by atoms with Crippen molar-refractivity contribution in [2.24, 2.45) is 5.73 Å². The molecule has 2 rings (SSSR count). The van der Waals surface area contributed by atoms with E-state index in [1.165, 1.54) is 14.2 Å². The zero-order chi connectivity index (χ0) is 17.0. The van der Waals surface area contributed by atoms with Crippen LogP contribution in [0.4, 0.5) is 13.2 Å². The molecule has 1 aromatic heterocycles. The van der Waals surface area contributed by atoms with E-state index in [-0.39, 0.29) is 24.6 Å². The van der Waals surface area contributed by atoms with Crippen molar-refractivity contribution in [3.05, 3.63) is 35.4 Å². The highest BCUT2D eigenvalue weighted by Crippen LogP contribution is 2.28. The fourth-order valence-corrected chi connectivity index (χ4v) is 2.12. The predicted molar refractivity (Wildman–Crippen MR) is 76.3 cm³/mol. The summed E-state index contributed by atoms with van der Waals surface area (Å²) in [4.78, 5) is 4.06. The van der Waals surface area contributed by atoms with E-state index in [1.807, 2.05) is 0 Å². The Morgan fingerprint density at radius 3 is 2.43 bits per heavy atom. The molecule has 0 aliphatic rings. The van der Waals surface area contributed by atoms with Crippen molar-refractivity contribution < 1.29 is 22.6 Å². The minimum absolute atomic E-state index is 0.0952. The number of hydrogen-bond donors (Lipinski definition) is 1. The van der Waals surface area contributed by atoms with Gasteiger partial charge in [-0.05, 0) is 17.7 Å². The molecule has 2 N–H and O–H groups in total. The van der Waals surface area contributed by atoms with Crippen molar-refractivity contribution in [2.75, 3.05) is 14.2 Å². The van der Waals surface area contributed by atoms with Gasteiger partial charge in [0.2, 0.25) is 0 Å². The SMILES string of the molecule is COc1ccc(Cc2nc(CN)n(CC(F)(F)F)n2)cc1OC. The number of hydrogen-bond acceptors (Lipinski definition) is 5. The quantitative estimate of drug-likeness (QED) is 0.876. The molecule has 0 radical (unpaired) electrons. The lowest BCUT2D eigenvalue weighted by atomic mass is 10.1. The van der Waals surface area contributed by atoms with Crippen molar-refractivity contribution in [1.82, 2.24) is 14.8 Å². The first kappa shape index (κ1) is 17.1. The van der Waals surface area contributed by atoms with Crippen LogP contribution in [0.15, 0.2) is 18.2 Å². The Kier molecular flexibility index (Phi) is 5.09. The molecule has 0 aliphatic heterocycles. The molecule has 0 fully saturated rings. The predicted octanol–water partition coefficient (Wildman–Crippen LogP) is 1.91. The topological polar surface area (TPSA) is 75.2 Å². The minimum atomic E-state index is -4.38. The monoisotopic (exact) mass is 330 g/mol. The molecule has 0 saturated carbocycles. The van der Waals surface area contributed by atoms with E-state index < -0.39 is 12.7 Å². The smallest absolute Gasteiger partial charge is 0.408 e. The molecule has 9 heteroatoms. The summed E-state index contributed by atoms with van der Waals surface area (Å²) in [5.74, 6) is 1.45. The van der Waals surface area contributed by atoms with E-state index in [9.17, 15) is 13.2 Å². The van der Waals surface area contributed by atoms with Crippen LogP contribution < -0.4 is 15.2 Å². The van der Waals surface area contributed by atoms with Crippen LogP contribution >= 0.6 is 0 Å². The van der Waals surface area contributed by atoms with E-state index in [1.54, 1.807) is 18.2 Å². The average Bonchev–Trinajstić information content (AvgIpc) is 2.86. The van der Waals surface area contributed by atoms with Gasteiger partial charge in [-0.1, -0.05) is 6.07 Å². The van der Waals surface area contributed by atoms with E-state index in [4.69, 9.17) is 15.2 Å². The molecule has 0 atom stereocenters. The Hall–Kier alpha value is -2.29. The standard InChI is InChI=1S/C14H17F3N4O2/c1-22-10-4-3-9(5-11(10)23-2)6-12-19-13(7-18)21(20-12)8-14(15,16)17/h3-5H,6-8,18H2,1-2H3. The molecule has 0 bridgehead atoms. The van der Waals surface area contributed by atoms with Crippen LogP contribution in [0.25, 0.3) is 0 Å². The fraction of sp³-hybridized carbons (Fsp3) is 0.429. The molecule has 6 nitrogen and oxygen atoms in total. The minimum Gasteiger partial charge on any atom is -0.493 e. The van der Waals surface area contributed by atoms with Gasteiger partial charge in [0.15, 0.2) is 17.3 Å². The van der Waals surface area contributed by atoms with Gasteiger partial charge >= 0.3 is 6.18 Å². The van der Waals surface area contributed by atoms with Gasteiger partial charge < -0.3 is 15.2 Å². The maximum atomic E-state index is 12.5. The second-order valence-corrected chi connectivity index (χ2v) is 4.79. The largest absolute Gasteiger partial charge is 0.493 e.